The van der Waals surface area contributed by atoms with Crippen LogP contribution in [0.4, 0.5) is 0 Å². The smallest absolute Gasteiger partial charge is 0.306 e. The highest BCUT2D eigenvalue weighted by Crippen LogP contribution is 2.18. The molecule has 0 rings (SSSR count). The average Bonchev–Trinajstić information content (AvgIpc) is 3.49. The number of allylic oxidation sites excluding steroid dienone is 12. The third kappa shape index (κ3) is 69.5. The van der Waals surface area contributed by atoms with Gasteiger partial charge in [-0.1, -0.05) is 344 Å². The van der Waals surface area contributed by atoms with Crippen LogP contribution in [0.5, 0.6) is 0 Å². The molecule has 0 heterocycles. The molecule has 6 nitrogen and oxygen atoms in total. The molecule has 1 unspecified atom stereocenters. The minimum absolute atomic E-state index is 0.0719. The lowest BCUT2D eigenvalue weighted by atomic mass is 10.0. The van der Waals surface area contributed by atoms with Gasteiger partial charge >= 0.3 is 17.9 Å². The van der Waals surface area contributed by atoms with E-state index in [1.165, 1.54) is 244 Å². The van der Waals surface area contributed by atoms with Gasteiger partial charge in [-0.2, -0.15) is 0 Å². The molecule has 0 saturated carbocycles. The van der Waals surface area contributed by atoms with E-state index in [0.717, 1.165) is 96.3 Å². The number of rotatable bonds is 67. The van der Waals surface area contributed by atoms with Crippen molar-refractivity contribution >= 4 is 17.9 Å². The van der Waals surface area contributed by atoms with Crippen molar-refractivity contribution in [3.63, 3.8) is 0 Å². The Morgan fingerprint density at radius 3 is 0.747 bits per heavy atom. The van der Waals surface area contributed by atoms with Crippen LogP contribution in [-0.4, -0.2) is 37.2 Å². The van der Waals surface area contributed by atoms with Crippen molar-refractivity contribution in [1.82, 2.24) is 0 Å². The first-order valence-corrected chi connectivity index (χ1v) is 36.4. The van der Waals surface area contributed by atoms with Gasteiger partial charge in [0.1, 0.15) is 13.2 Å². The van der Waals surface area contributed by atoms with E-state index in [9.17, 15) is 14.4 Å². The molecule has 0 aromatic heterocycles. The highest BCUT2D eigenvalue weighted by Gasteiger charge is 2.19. The summed E-state index contributed by atoms with van der Waals surface area (Å²) in [5.41, 5.74) is 0. The van der Waals surface area contributed by atoms with E-state index in [1.54, 1.807) is 0 Å². The Balaban J connectivity index is 4.18. The van der Waals surface area contributed by atoms with E-state index < -0.39 is 6.10 Å². The van der Waals surface area contributed by atoms with Crippen LogP contribution >= 0.6 is 0 Å². The molecule has 1 atom stereocenters. The van der Waals surface area contributed by atoms with Crippen LogP contribution in [0.3, 0.4) is 0 Å². The zero-order valence-electron chi connectivity index (χ0n) is 55.5. The fourth-order valence-corrected chi connectivity index (χ4v) is 10.8. The summed E-state index contributed by atoms with van der Waals surface area (Å²) in [6, 6.07) is 0. The highest BCUT2D eigenvalue weighted by molar-refractivity contribution is 5.71. The van der Waals surface area contributed by atoms with E-state index >= 15 is 0 Å². The molecule has 0 saturated heterocycles. The molecule has 0 aliphatic carbocycles. The quantitative estimate of drug-likeness (QED) is 0.0261. The molecule has 0 fully saturated rings. The maximum Gasteiger partial charge on any atom is 0.306 e. The van der Waals surface area contributed by atoms with Gasteiger partial charge in [0, 0.05) is 19.3 Å². The molecule has 0 aromatic rings. The van der Waals surface area contributed by atoms with Gasteiger partial charge in [0.05, 0.1) is 0 Å². The molecule has 6 heteroatoms. The maximum absolute atomic E-state index is 12.9. The topological polar surface area (TPSA) is 78.9 Å². The lowest BCUT2D eigenvalue weighted by Gasteiger charge is -2.18. The van der Waals surface area contributed by atoms with Crippen molar-refractivity contribution in [3.8, 4) is 0 Å². The SMILES string of the molecule is CC/C=C\C/C=C\C/C=C\C/C=C\C/C=C\CCCCCCCCCCCCCCCCCCCC(=O)OCC(COC(=O)CCCCCCCCCCCCCCCCCC)OC(=O)CCCCCCC/C=C\CCCCCCCCC. The van der Waals surface area contributed by atoms with Gasteiger partial charge < -0.3 is 14.2 Å². The summed E-state index contributed by atoms with van der Waals surface area (Å²) in [7, 11) is 0. The fraction of sp³-hybridized carbons (Fsp3) is 0.805. The molecular weight excluding hydrogens is 1020 g/mol. The minimum Gasteiger partial charge on any atom is -0.462 e. The van der Waals surface area contributed by atoms with Crippen molar-refractivity contribution in [2.24, 2.45) is 0 Å². The Morgan fingerprint density at radius 1 is 0.253 bits per heavy atom. The Labute approximate surface area is 516 Å². The molecule has 83 heavy (non-hydrogen) atoms. The van der Waals surface area contributed by atoms with Crippen LogP contribution < -0.4 is 0 Å². The van der Waals surface area contributed by atoms with Gasteiger partial charge in [-0.3, -0.25) is 14.4 Å². The third-order valence-electron chi connectivity index (χ3n) is 16.2. The molecule has 482 valence electrons. The lowest BCUT2D eigenvalue weighted by molar-refractivity contribution is -0.167. The van der Waals surface area contributed by atoms with E-state index in [2.05, 4.69) is 93.7 Å². The van der Waals surface area contributed by atoms with Crippen molar-refractivity contribution in [2.75, 3.05) is 13.2 Å². The number of esters is 3. The zero-order chi connectivity index (χ0) is 59.9. The van der Waals surface area contributed by atoms with E-state index in [0.29, 0.717) is 19.3 Å². The van der Waals surface area contributed by atoms with Crippen molar-refractivity contribution < 1.29 is 28.6 Å². The summed E-state index contributed by atoms with van der Waals surface area (Å²) in [6.07, 6.45) is 93.7. The van der Waals surface area contributed by atoms with Crippen LogP contribution in [0.25, 0.3) is 0 Å². The third-order valence-corrected chi connectivity index (χ3v) is 16.2. The first kappa shape index (κ1) is 79.8. The monoisotopic (exact) mass is 1160 g/mol. The second kappa shape index (κ2) is 71.3. The second-order valence-electron chi connectivity index (χ2n) is 24.5. The summed E-state index contributed by atoms with van der Waals surface area (Å²) >= 11 is 0. The summed E-state index contributed by atoms with van der Waals surface area (Å²) in [5.74, 6) is -0.854. The van der Waals surface area contributed by atoms with E-state index in [1.807, 2.05) is 0 Å². The van der Waals surface area contributed by atoms with Crippen molar-refractivity contribution in [3.05, 3.63) is 72.9 Å². The molecule has 0 N–H and O–H groups in total. The van der Waals surface area contributed by atoms with Crippen LogP contribution in [0.1, 0.15) is 380 Å². The molecule has 0 spiro atoms. The summed E-state index contributed by atoms with van der Waals surface area (Å²) < 4.78 is 17.0. The normalized spacial score (nSPS) is 12.5. The summed E-state index contributed by atoms with van der Waals surface area (Å²) in [4.78, 5) is 38.4. The van der Waals surface area contributed by atoms with Gasteiger partial charge in [0.2, 0.25) is 0 Å². The Bertz CT molecular complexity index is 1520. The van der Waals surface area contributed by atoms with Gasteiger partial charge in [0.25, 0.3) is 0 Å². The molecule has 0 aromatic carbocycles. The molecule has 0 bridgehead atoms. The van der Waals surface area contributed by atoms with Gasteiger partial charge in [-0.25, -0.2) is 0 Å². The van der Waals surface area contributed by atoms with Crippen LogP contribution in [0.15, 0.2) is 72.9 Å². The van der Waals surface area contributed by atoms with Gasteiger partial charge in [-0.05, 0) is 89.9 Å². The Kier molecular flexibility index (Phi) is 68.6. The average molecular weight is 1160 g/mol. The fourth-order valence-electron chi connectivity index (χ4n) is 10.8. The number of hydrogen-bond donors (Lipinski definition) is 0. The van der Waals surface area contributed by atoms with E-state index in [4.69, 9.17) is 14.2 Å². The van der Waals surface area contributed by atoms with Crippen LogP contribution in [-0.2, 0) is 28.6 Å². The number of hydrogen-bond acceptors (Lipinski definition) is 6. The van der Waals surface area contributed by atoms with Crippen LogP contribution in [0.2, 0.25) is 0 Å². The second-order valence-corrected chi connectivity index (χ2v) is 24.5. The van der Waals surface area contributed by atoms with Gasteiger partial charge in [-0.15, -0.1) is 0 Å². The van der Waals surface area contributed by atoms with Gasteiger partial charge in [0.15, 0.2) is 6.10 Å². The Morgan fingerprint density at radius 2 is 0.470 bits per heavy atom. The first-order valence-electron chi connectivity index (χ1n) is 36.4. The number of unbranched alkanes of at least 4 members (excludes halogenated alkanes) is 44. The van der Waals surface area contributed by atoms with Crippen LogP contribution in [0, 0.1) is 0 Å². The van der Waals surface area contributed by atoms with Crippen molar-refractivity contribution in [1.29, 1.82) is 0 Å². The van der Waals surface area contributed by atoms with Crippen molar-refractivity contribution in [2.45, 2.75) is 386 Å². The predicted molar refractivity (Wildman–Crippen MR) is 362 cm³/mol. The highest BCUT2D eigenvalue weighted by atomic mass is 16.6. The molecular formula is C77H138O6. The molecule has 0 aliphatic heterocycles. The summed E-state index contributed by atoms with van der Waals surface area (Å²) in [5, 5.41) is 0. The number of carbonyl (C=O) groups is 3. The summed E-state index contributed by atoms with van der Waals surface area (Å²) in [6.45, 7) is 6.58. The number of ether oxygens (including phenoxy) is 3. The van der Waals surface area contributed by atoms with E-state index in [-0.39, 0.29) is 31.1 Å². The standard InChI is InChI=1S/C77H138O6/c1-4-7-10-13-16-19-22-25-28-31-32-33-34-35-36-37-38-39-40-41-42-43-44-45-46-47-50-52-55-58-61-64-67-70-76(79)82-73-74(83-77(80)71-68-65-62-59-56-53-49-30-27-24-21-18-15-12-9-6-3)72-81-75(78)69-66-63-60-57-54-51-48-29-26-23-20-17-14-11-8-5-2/h7,10,16,19,25,28,30,32-33,35-36,49,74H,4-6,8-9,11-15,17-18,20-24,26-27,29,31,34,37-48,50-73H2,1-3H3/b10-7-,19-16-,28-25-,33-32-,36-35-,49-30-. The zero-order valence-corrected chi connectivity index (χ0v) is 55.5. The molecule has 0 amide bonds. The lowest BCUT2D eigenvalue weighted by Crippen LogP contribution is -2.30. The predicted octanol–water partition coefficient (Wildman–Crippen LogP) is 25.2. The number of carbonyl (C=O) groups excluding carboxylic acids is 3. The maximum atomic E-state index is 12.9. The molecule has 0 aliphatic rings. The minimum atomic E-state index is -0.777. The molecule has 0 radical (unpaired) electrons. The Hall–Kier alpha value is -3.15. The largest absolute Gasteiger partial charge is 0.462 e. The first-order chi connectivity index (χ1) is 41.0.